The standard InChI is InChI=1S/C30H36N2O2S/c1-4-24(3)31-30(34)28(19-25-13-7-5-8-14-25)32(20-26-15-9-6-10-16-26)29(33)22-35-21-27-17-11-12-23(2)18-27/h5-18,24,28H,4,19-22H2,1-3H3,(H,31,34)/t24-,28-/m1/s1. The number of hydrogen-bond acceptors (Lipinski definition) is 3. The average Bonchev–Trinajstić information content (AvgIpc) is 2.87. The molecule has 0 fully saturated rings. The number of amides is 2. The Bertz CT molecular complexity index is 1070. The lowest BCUT2D eigenvalue weighted by molar-refractivity contribution is -0.139. The molecule has 184 valence electrons. The minimum atomic E-state index is -0.585. The van der Waals surface area contributed by atoms with Gasteiger partial charge < -0.3 is 10.2 Å². The minimum absolute atomic E-state index is 0.0215. The van der Waals surface area contributed by atoms with E-state index in [1.165, 1.54) is 11.1 Å². The molecule has 0 aliphatic carbocycles. The Balaban J connectivity index is 1.83. The first-order chi connectivity index (χ1) is 17.0. The van der Waals surface area contributed by atoms with E-state index in [0.717, 1.165) is 23.3 Å². The predicted molar refractivity (Wildman–Crippen MR) is 146 cm³/mol. The summed E-state index contributed by atoms with van der Waals surface area (Å²) < 4.78 is 0. The number of carbonyl (C=O) groups excluding carboxylic acids is 2. The number of thioether (sulfide) groups is 1. The molecule has 1 N–H and O–H groups in total. The topological polar surface area (TPSA) is 49.4 Å². The zero-order chi connectivity index (χ0) is 25.0. The highest BCUT2D eigenvalue weighted by atomic mass is 32.2. The highest BCUT2D eigenvalue weighted by Gasteiger charge is 2.30. The number of nitrogens with one attached hydrogen (secondary N) is 1. The molecule has 0 aliphatic heterocycles. The zero-order valence-electron chi connectivity index (χ0n) is 20.9. The van der Waals surface area contributed by atoms with Crippen molar-refractivity contribution >= 4 is 23.6 Å². The van der Waals surface area contributed by atoms with Crippen molar-refractivity contribution in [1.29, 1.82) is 0 Å². The highest BCUT2D eigenvalue weighted by molar-refractivity contribution is 7.99. The van der Waals surface area contributed by atoms with E-state index in [0.29, 0.717) is 18.7 Å². The maximum absolute atomic E-state index is 13.6. The van der Waals surface area contributed by atoms with Crippen molar-refractivity contribution in [3.8, 4) is 0 Å². The van der Waals surface area contributed by atoms with Gasteiger partial charge in [0.05, 0.1) is 5.75 Å². The molecule has 0 radical (unpaired) electrons. The first-order valence-electron chi connectivity index (χ1n) is 12.3. The number of hydrogen-bond donors (Lipinski definition) is 1. The van der Waals surface area contributed by atoms with Crippen molar-refractivity contribution in [3.63, 3.8) is 0 Å². The monoisotopic (exact) mass is 488 g/mol. The summed E-state index contributed by atoms with van der Waals surface area (Å²) in [5, 5.41) is 3.12. The molecule has 0 aliphatic rings. The van der Waals surface area contributed by atoms with Gasteiger partial charge in [-0.1, -0.05) is 97.4 Å². The van der Waals surface area contributed by atoms with Gasteiger partial charge in [-0.2, -0.15) is 0 Å². The normalized spacial score (nSPS) is 12.5. The molecule has 2 atom stereocenters. The SMILES string of the molecule is CC[C@@H](C)NC(=O)[C@@H](Cc1ccccc1)N(Cc1ccccc1)C(=O)CSCc1cccc(C)c1. The van der Waals surface area contributed by atoms with Crippen LogP contribution in [0.25, 0.3) is 0 Å². The molecule has 35 heavy (non-hydrogen) atoms. The summed E-state index contributed by atoms with van der Waals surface area (Å²) in [5.41, 5.74) is 4.46. The lowest BCUT2D eigenvalue weighted by atomic mass is 10.0. The number of nitrogens with zero attached hydrogens (tertiary/aromatic N) is 1. The van der Waals surface area contributed by atoms with Crippen LogP contribution in [0, 0.1) is 6.92 Å². The van der Waals surface area contributed by atoms with Crippen LogP contribution < -0.4 is 5.32 Å². The third-order valence-corrected chi connectivity index (χ3v) is 7.03. The van der Waals surface area contributed by atoms with Crippen molar-refractivity contribution in [1.82, 2.24) is 10.2 Å². The first kappa shape index (κ1) is 26.6. The molecule has 5 heteroatoms. The number of rotatable bonds is 12. The van der Waals surface area contributed by atoms with Crippen molar-refractivity contribution in [3.05, 3.63) is 107 Å². The van der Waals surface area contributed by atoms with Crippen molar-refractivity contribution < 1.29 is 9.59 Å². The summed E-state index contributed by atoms with van der Waals surface area (Å²) in [6.45, 7) is 6.52. The summed E-state index contributed by atoms with van der Waals surface area (Å²) in [5.74, 6) is 0.959. The van der Waals surface area contributed by atoms with E-state index in [-0.39, 0.29) is 17.9 Å². The molecule has 3 aromatic rings. The predicted octanol–water partition coefficient (Wildman–Crippen LogP) is 5.78. The van der Waals surface area contributed by atoms with Gasteiger partial charge in [-0.15, -0.1) is 11.8 Å². The summed E-state index contributed by atoms with van der Waals surface area (Å²) in [6, 6.07) is 27.7. The van der Waals surface area contributed by atoms with E-state index in [1.54, 1.807) is 16.7 Å². The Morgan fingerprint density at radius 1 is 0.886 bits per heavy atom. The largest absolute Gasteiger partial charge is 0.352 e. The summed E-state index contributed by atoms with van der Waals surface area (Å²) in [6.07, 6.45) is 1.31. The number of carbonyl (C=O) groups is 2. The van der Waals surface area contributed by atoms with Crippen LogP contribution >= 0.6 is 11.8 Å². The summed E-state index contributed by atoms with van der Waals surface area (Å²) in [4.78, 5) is 28.9. The van der Waals surface area contributed by atoms with Crippen molar-refractivity contribution in [2.45, 2.75) is 58.0 Å². The van der Waals surface area contributed by atoms with E-state index < -0.39 is 6.04 Å². The molecular formula is C30H36N2O2S. The van der Waals surface area contributed by atoms with Crippen LogP contribution in [-0.2, 0) is 28.3 Å². The van der Waals surface area contributed by atoms with Gasteiger partial charge >= 0.3 is 0 Å². The fourth-order valence-corrected chi connectivity index (χ4v) is 4.77. The maximum Gasteiger partial charge on any atom is 0.243 e. The van der Waals surface area contributed by atoms with Crippen molar-refractivity contribution in [2.75, 3.05) is 5.75 Å². The van der Waals surface area contributed by atoms with Gasteiger partial charge in [0.25, 0.3) is 0 Å². The first-order valence-corrected chi connectivity index (χ1v) is 13.4. The van der Waals surface area contributed by atoms with Crippen molar-refractivity contribution in [2.24, 2.45) is 0 Å². The van der Waals surface area contributed by atoms with Gasteiger partial charge in [0.2, 0.25) is 11.8 Å². The van der Waals surface area contributed by atoms with Crippen LogP contribution in [0.2, 0.25) is 0 Å². The Labute approximate surface area is 214 Å². The lowest BCUT2D eigenvalue weighted by Crippen LogP contribution is -2.52. The maximum atomic E-state index is 13.6. The van der Waals surface area contributed by atoms with Gasteiger partial charge in [-0.25, -0.2) is 0 Å². The van der Waals surface area contributed by atoms with E-state index >= 15 is 0 Å². The molecule has 3 aromatic carbocycles. The van der Waals surface area contributed by atoms with E-state index in [1.807, 2.05) is 80.6 Å². The fraction of sp³-hybridized carbons (Fsp3) is 0.333. The van der Waals surface area contributed by atoms with E-state index in [4.69, 9.17) is 0 Å². The van der Waals surface area contributed by atoms with Crippen LogP contribution in [0.5, 0.6) is 0 Å². The third-order valence-electron chi connectivity index (χ3n) is 6.04. The second-order valence-electron chi connectivity index (χ2n) is 9.01. The fourth-order valence-electron chi connectivity index (χ4n) is 3.92. The third kappa shape index (κ3) is 8.59. The Kier molecular flexibility index (Phi) is 10.4. The smallest absolute Gasteiger partial charge is 0.243 e. The quantitative estimate of drug-likeness (QED) is 0.351. The molecule has 0 saturated carbocycles. The van der Waals surface area contributed by atoms with Gasteiger partial charge in [0.15, 0.2) is 0 Å². The average molecular weight is 489 g/mol. The van der Waals surface area contributed by atoms with Crippen LogP contribution in [0.1, 0.15) is 42.5 Å². The zero-order valence-corrected chi connectivity index (χ0v) is 21.8. The van der Waals surface area contributed by atoms with Gasteiger partial charge in [-0.05, 0) is 37.0 Å². The molecule has 0 saturated heterocycles. The van der Waals surface area contributed by atoms with Crippen LogP contribution in [0.3, 0.4) is 0 Å². The van der Waals surface area contributed by atoms with E-state index in [9.17, 15) is 9.59 Å². The molecule has 0 aromatic heterocycles. The molecule has 0 spiro atoms. The molecule has 3 rings (SSSR count). The van der Waals surface area contributed by atoms with Gasteiger partial charge in [0.1, 0.15) is 6.04 Å². The number of benzene rings is 3. The second-order valence-corrected chi connectivity index (χ2v) is 10.00. The molecule has 4 nitrogen and oxygen atoms in total. The highest BCUT2D eigenvalue weighted by Crippen LogP contribution is 2.19. The Morgan fingerprint density at radius 2 is 1.51 bits per heavy atom. The molecule has 0 heterocycles. The van der Waals surface area contributed by atoms with Crippen LogP contribution in [-0.4, -0.2) is 34.6 Å². The Hall–Kier alpha value is -3.05. The molecule has 0 bridgehead atoms. The molecule has 0 unspecified atom stereocenters. The van der Waals surface area contributed by atoms with Crippen LogP contribution in [0.15, 0.2) is 84.9 Å². The van der Waals surface area contributed by atoms with E-state index in [2.05, 4.69) is 30.4 Å². The molecule has 2 amide bonds. The summed E-state index contributed by atoms with van der Waals surface area (Å²) in [7, 11) is 0. The summed E-state index contributed by atoms with van der Waals surface area (Å²) >= 11 is 1.59. The van der Waals surface area contributed by atoms with Crippen LogP contribution in [0.4, 0.5) is 0 Å². The van der Waals surface area contributed by atoms with Gasteiger partial charge in [-0.3, -0.25) is 9.59 Å². The Morgan fingerprint density at radius 3 is 2.14 bits per heavy atom. The van der Waals surface area contributed by atoms with Gasteiger partial charge in [0, 0.05) is 24.8 Å². The second kappa shape index (κ2) is 13.7. The molecular weight excluding hydrogens is 452 g/mol. The minimum Gasteiger partial charge on any atom is -0.352 e. The number of aryl methyl sites for hydroxylation is 1. The lowest BCUT2D eigenvalue weighted by Gasteiger charge is -2.32.